The molecule has 3 N–H and O–H groups in total. The fourth-order valence-electron chi connectivity index (χ4n) is 4.23. The predicted octanol–water partition coefficient (Wildman–Crippen LogP) is 2.84. The second-order valence-corrected chi connectivity index (χ2v) is 8.08. The van der Waals surface area contributed by atoms with E-state index in [1.807, 2.05) is 43.3 Å². The van der Waals surface area contributed by atoms with Gasteiger partial charge in [0, 0.05) is 47.4 Å². The fraction of sp³-hybridized carbons (Fsp3) is 0.250. The van der Waals surface area contributed by atoms with Gasteiger partial charge in [-0.1, -0.05) is 24.3 Å². The van der Waals surface area contributed by atoms with Gasteiger partial charge in [-0.05, 0) is 43.0 Å². The number of benzene rings is 1. The molecule has 0 spiro atoms. The van der Waals surface area contributed by atoms with E-state index >= 15 is 0 Å². The lowest BCUT2D eigenvalue weighted by atomic mass is 10.1. The number of aromatic nitrogens is 4. The Kier molecular flexibility index (Phi) is 5.18. The molecule has 0 bridgehead atoms. The van der Waals surface area contributed by atoms with Crippen LogP contribution in [0.4, 0.5) is 5.82 Å². The van der Waals surface area contributed by atoms with E-state index in [9.17, 15) is 9.59 Å². The molecule has 0 fully saturated rings. The average Bonchev–Trinajstić information content (AvgIpc) is 3.42. The van der Waals surface area contributed by atoms with Crippen LogP contribution >= 0.6 is 0 Å². The summed E-state index contributed by atoms with van der Waals surface area (Å²) < 4.78 is 1.58. The maximum Gasteiger partial charge on any atom is 0.294 e. The lowest BCUT2D eigenvalue weighted by Gasteiger charge is -2.16. The number of hydrogen-bond acceptors (Lipinski definition) is 5. The molecule has 8 nitrogen and oxygen atoms in total. The van der Waals surface area contributed by atoms with Gasteiger partial charge in [-0.15, -0.1) is 0 Å². The molecule has 0 unspecified atom stereocenters. The summed E-state index contributed by atoms with van der Waals surface area (Å²) in [6, 6.07) is 11.3. The Hall–Kier alpha value is -3.94. The van der Waals surface area contributed by atoms with E-state index in [0.717, 1.165) is 33.4 Å². The zero-order valence-electron chi connectivity index (χ0n) is 17.8. The summed E-state index contributed by atoms with van der Waals surface area (Å²) in [6.45, 7) is 2.89. The molecule has 1 aliphatic heterocycles. The van der Waals surface area contributed by atoms with E-state index in [2.05, 4.69) is 25.6 Å². The van der Waals surface area contributed by atoms with Crippen LogP contribution in [0.1, 0.15) is 35.0 Å². The number of nitrogens with one attached hydrogen (secondary N) is 3. The summed E-state index contributed by atoms with van der Waals surface area (Å²) in [5.41, 5.74) is 4.64. The zero-order valence-corrected chi connectivity index (χ0v) is 17.8. The number of aromatic amines is 1. The molecule has 32 heavy (non-hydrogen) atoms. The SMILES string of the molecule is Cc1ccccc1CNc1ncc2n(c1=O)[C@H](C(=O)NCc1cc3cnccc3[nH]1)CC2. The van der Waals surface area contributed by atoms with Crippen molar-refractivity contribution in [2.45, 2.75) is 38.9 Å². The van der Waals surface area contributed by atoms with Gasteiger partial charge in [0.1, 0.15) is 6.04 Å². The minimum atomic E-state index is -0.537. The minimum absolute atomic E-state index is 0.168. The third-order valence-corrected chi connectivity index (χ3v) is 6.00. The Morgan fingerprint density at radius 2 is 2.09 bits per heavy atom. The number of H-pyrrole nitrogens is 1. The number of amides is 1. The van der Waals surface area contributed by atoms with E-state index in [0.29, 0.717) is 25.9 Å². The lowest BCUT2D eigenvalue weighted by Crippen LogP contribution is -2.36. The molecule has 0 aliphatic carbocycles. The van der Waals surface area contributed by atoms with Crippen LogP contribution in [0.15, 0.2) is 59.8 Å². The van der Waals surface area contributed by atoms with Crippen LogP contribution in [0.3, 0.4) is 0 Å². The number of fused-ring (bicyclic) bond motifs is 2. The number of rotatable bonds is 6. The second-order valence-electron chi connectivity index (χ2n) is 8.08. The molecule has 8 heteroatoms. The molecule has 162 valence electrons. The number of hydrogen-bond donors (Lipinski definition) is 3. The van der Waals surface area contributed by atoms with Crippen molar-refractivity contribution in [2.75, 3.05) is 5.32 Å². The first-order chi connectivity index (χ1) is 15.6. The lowest BCUT2D eigenvalue weighted by molar-refractivity contribution is -0.124. The van der Waals surface area contributed by atoms with E-state index in [1.54, 1.807) is 23.2 Å². The van der Waals surface area contributed by atoms with Crippen molar-refractivity contribution in [3.8, 4) is 0 Å². The highest BCUT2D eigenvalue weighted by molar-refractivity contribution is 5.82. The maximum atomic E-state index is 13.1. The quantitative estimate of drug-likeness (QED) is 0.438. The van der Waals surface area contributed by atoms with Crippen molar-refractivity contribution in [2.24, 2.45) is 0 Å². The van der Waals surface area contributed by atoms with Crippen molar-refractivity contribution in [3.05, 3.63) is 87.9 Å². The Bertz CT molecular complexity index is 1320. The third kappa shape index (κ3) is 3.75. The molecule has 1 aliphatic rings. The zero-order chi connectivity index (χ0) is 22.1. The van der Waals surface area contributed by atoms with Gasteiger partial charge < -0.3 is 15.6 Å². The number of anilines is 1. The standard InChI is InChI=1S/C24H24N6O2/c1-15-4-2-3-5-16(15)12-26-22-24(32)30-19(14-27-22)6-7-21(30)23(31)28-13-18-10-17-11-25-9-8-20(17)29-18/h2-5,8-11,14,21,29H,6-7,12-13H2,1H3,(H,26,27)(H,28,31)/t21-/m0/s1. The molecular formula is C24H24N6O2. The number of nitrogens with zero attached hydrogens (tertiary/aromatic N) is 3. The summed E-state index contributed by atoms with van der Waals surface area (Å²) in [5.74, 6) is 0.0958. The Labute approximate surface area is 184 Å². The number of aryl methyl sites for hydroxylation is 2. The molecule has 1 atom stereocenters. The van der Waals surface area contributed by atoms with Crippen molar-refractivity contribution in [1.82, 2.24) is 24.8 Å². The minimum Gasteiger partial charge on any atom is -0.361 e. The Morgan fingerprint density at radius 1 is 1.22 bits per heavy atom. The normalized spacial score (nSPS) is 15.0. The van der Waals surface area contributed by atoms with Gasteiger partial charge in [0.05, 0.1) is 6.54 Å². The molecule has 4 aromatic rings. The fourth-order valence-corrected chi connectivity index (χ4v) is 4.23. The molecule has 1 aromatic carbocycles. The van der Waals surface area contributed by atoms with Crippen LogP contribution in [0.25, 0.3) is 10.9 Å². The van der Waals surface area contributed by atoms with Crippen LogP contribution in [0, 0.1) is 6.92 Å². The van der Waals surface area contributed by atoms with Gasteiger partial charge >= 0.3 is 0 Å². The molecule has 3 aromatic heterocycles. The summed E-state index contributed by atoms with van der Waals surface area (Å²) >= 11 is 0. The summed E-state index contributed by atoms with van der Waals surface area (Å²) in [7, 11) is 0. The van der Waals surface area contributed by atoms with Crippen LogP contribution in [0.2, 0.25) is 0 Å². The first-order valence-electron chi connectivity index (χ1n) is 10.7. The highest BCUT2D eigenvalue weighted by atomic mass is 16.2. The molecule has 0 radical (unpaired) electrons. The highest BCUT2D eigenvalue weighted by Gasteiger charge is 2.30. The van der Waals surface area contributed by atoms with Crippen LogP contribution in [0.5, 0.6) is 0 Å². The van der Waals surface area contributed by atoms with Gasteiger partial charge in [0.25, 0.3) is 5.56 Å². The van der Waals surface area contributed by atoms with Crippen molar-refractivity contribution in [1.29, 1.82) is 0 Å². The van der Waals surface area contributed by atoms with Crippen molar-refractivity contribution in [3.63, 3.8) is 0 Å². The van der Waals surface area contributed by atoms with E-state index in [1.165, 1.54) is 0 Å². The van der Waals surface area contributed by atoms with Crippen molar-refractivity contribution < 1.29 is 4.79 Å². The molecule has 1 amide bonds. The molecule has 0 saturated carbocycles. The van der Waals surface area contributed by atoms with Gasteiger partial charge in [0.2, 0.25) is 5.91 Å². The predicted molar refractivity (Wildman–Crippen MR) is 122 cm³/mol. The number of carbonyl (C=O) groups excluding carboxylic acids is 1. The first-order valence-corrected chi connectivity index (χ1v) is 10.7. The van der Waals surface area contributed by atoms with E-state index < -0.39 is 6.04 Å². The van der Waals surface area contributed by atoms with Gasteiger partial charge in [-0.25, -0.2) is 4.98 Å². The highest BCUT2D eigenvalue weighted by Crippen LogP contribution is 2.24. The van der Waals surface area contributed by atoms with Gasteiger partial charge in [-0.3, -0.25) is 19.1 Å². The maximum absolute atomic E-state index is 13.1. The summed E-state index contributed by atoms with van der Waals surface area (Å²) in [4.78, 5) is 37.8. The number of carbonyl (C=O) groups is 1. The summed E-state index contributed by atoms with van der Waals surface area (Å²) in [6.07, 6.45) is 6.43. The number of pyridine rings is 1. The Balaban J connectivity index is 1.31. The Morgan fingerprint density at radius 3 is 2.94 bits per heavy atom. The third-order valence-electron chi connectivity index (χ3n) is 6.00. The van der Waals surface area contributed by atoms with E-state index in [4.69, 9.17) is 0 Å². The largest absolute Gasteiger partial charge is 0.361 e. The first kappa shape index (κ1) is 20.0. The molecule has 4 heterocycles. The second kappa shape index (κ2) is 8.30. The van der Waals surface area contributed by atoms with Crippen LogP contribution in [-0.2, 0) is 24.3 Å². The average molecular weight is 428 g/mol. The monoisotopic (exact) mass is 428 g/mol. The van der Waals surface area contributed by atoms with Crippen LogP contribution in [-0.4, -0.2) is 25.4 Å². The summed E-state index contributed by atoms with van der Waals surface area (Å²) in [5, 5.41) is 7.10. The molecule has 0 saturated heterocycles. The topological polar surface area (TPSA) is 105 Å². The van der Waals surface area contributed by atoms with E-state index in [-0.39, 0.29) is 17.3 Å². The van der Waals surface area contributed by atoms with Gasteiger partial charge in [0.15, 0.2) is 5.82 Å². The smallest absolute Gasteiger partial charge is 0.294 e. The molecular weight excluding hydrogens is 404 g/mol. The van der Waals surface area contributed by atoms with Gasteiger partial charge in [-0.2, -0.15) is 0 Å². The molecule has 5 rings (SSSR count). The van der Waals surface area contributed by atoms with Crippen LogP contribution < -0.4 is 16.2 Å². The van der Waals surface area contributed by atoms with Crippen molar-refractivity contribution >= 4 is 22.6 Å².